The van der Waals surface area contributed by atoms with Crippen LogP contribution in [0.25, 0.3) is 6.08 Å². The van der Waals surface area contributed by atoms with Crippen LogP contribution in [0.5, 0.6) is 5.75 Å². The first-order valence-electron chi connectivity index (χ1n) is 6.47. The zero-order valence-electron chi connectivity index (χ0n) is 11.5. The van der Waals surface area contributed by atoms with Gasteiger partial charge in [-0.05, 0) is 35.9 Å². The van der Waals surface area contributed by atoms with Gasteiger partial charge >= 0.3 is 5.97 Å². The molecular formula is C17H13ClO4. The second-order valence-corrected chi connectivity index (χ2v) is 4.90. The number of carboxylic acids is 1. The highest BCUT2D eigenvalue weighted by Crippen LogP contribution is 2.15. The Morgan fingerprint density at radius 3 is 2.50 bits per heavy atom. The maximum atomic E-state index is 12.0. The second kappa shape index (κ2) is 7.43. The molecule has 0 aromatic heterocycles. The Kier molecular flexibility index (Phi) is 5.33. The molecule has 0 bridgehead atoms. The first kappa shape index (κ1) is 15.8. The lowest BCUT2D eigenvalue weighted by molar-refractivity contribution is -0.139. The highest BCUT2D eigenvalue weighted by Gasteiger charge is 2.02. The number of ether oxygens (including phenoxy) is 1. The summed E-state index contributed by atoms with van der Waals surface area (Å²) in [4.78, 5) is 22.4. The molecule has 112 valence electrons. The van der Waals surface area contributed by atoms with E-state index in [9.17, 15) is 9.59 Å². The summed E-state index contributed by atoms with van der Waals surface area (Å²) in [7, 11) is 0. The van der Waals surface area contributed by atoms with Crippen LogP contribution < -0.4 is 4.74 Å². The number of carboxylic acid groups (broad SMARTS) is 1. The molecule has 0 amide bonds. The van der Waals surface area contributed by atoms with Gasteiger partial charge in [0.25, 0.3) is 0 Å². The molecule has 1 N–H and O–H groups in total. The van der Waals surface area contributed by atoms with E-state index in [4.69, 9.17) is 21.4 Å². The molecule has 0 aliphatic carbocycles. The van der Waals surface area contributed by atoms with Gasteiger partial charge in [0.1, 0.15) is 5.75 Å². The van der Waals surface area contributed by atoms with Crippen LogP contribution in [0.2, 0.25) is 5.02 Å². The number of allylic oxidation sites excluding steroid dienone is 1. The largest absolute Gasteiger partial charge is 0.482 e. The molecule has 0 saturated carbocycles. The van der Waals surface area contributed by atoms with Gasteiger partial charge in [0, 0.05) is 10.6 Å². The molecule has 4 nitrogen and oxygen atoms in total. The number of hydrogen-bond acceptors (Lipinski definition) is 3. The Hall–Kier alpha value is -2.59. The van der Waals surface area contributed by atoms with Crippen LogP contribution in [0.15, 0.2) is 54.6 Å². The number of halogens is 1. The number of benzene rings is 2. The number of aliphatic carboxylic acids is 1. The van der Waals surface area contributed by atoms with Crippen molar-refractivity contribution in [3.05, 3.63) is 70.8 Å². The molecule has 0 unspecified atom stereocenters. The summed E-state index contributed by atoms with van der Waals surface area (Å²) in [5.74, 6) is -0.717. The van der Waals surface area contributed by atoms with Crippen molar-refractivity contribution >= 4 is 29.4 Å². The fourth-order valence-corrected chi connectivity index (χ4v) is 1.92. The number of rotatable bonds is 6. The fourth-order valence-electron chi connectivity index (χ4n) is 1.73. The van der Waals surface area contributed by atoms with Crippen LogP contribution >= 0.6 is 11.6 Å². The number of hydrogen-bond donors (Lipinski definition) is 1. The van der Waals surface area contributed by atoms with Gasteiger partial charge < -0.3 is 9.84 Å². The SMILES string of the molecule is O=C(O)COc1ccc(/C=C/C(=O)c2cccc(Cl)c2)cc1. The molecule has 0 aliphatic rings. The van der Waals surface area contributed by atoms with Crippen molar-refractivity contribution in [3.8, 4) is 5.75 Å². The normalized spacial score (nSPS) is 10.6. The maximum absolute atomic E-state index is 12.0. The molecule has 0 atom stereocenters. The summed E-state index contributed by atoms with van der Waals surface area (Å²) in [6.07, 6.45) is 3.13. The fraction of sp³-hybridized carbons (Fsp3) is 0.0588. The van der Waals surface area contributed by atoms with Crippen molar-refractivity contribution in [2.24, 2.45) is 0 Å². The van der Waals surface area contributed by atoms with Crippen molar-refractivity contribution in [1.82, 2.24) is 0 Å². The molecule has 0 radical (unpaired) electrons. The van der Waals surface area contributed by atoms with E-state index < -0.39 is 5.97 Å². The van der Waals surface area contributed by atoms with Gasteiger partial charge in [-0.15, -0.1) is 0 Å². The van der Waals surface area contributed by atoms with E-state index in [-0.39, 0.29) is 12.4 Å². The molecule has 2 rings (SSSR count). The molecule has 0 spiro atoms. The minimum absolute atomic E-state index is 0.145. The molecule has 0 saturated heterocycles. The Balaban J connectivity index is 2.01. The van der Waals surface area contributed by atoms with Crippen molar-refractivity contribution < 1.29 is 19.4 Å². The molecule has 0 aliphatic heterocycles. The van der Waals surface area contributed by atoms with Crippen LogP contribution in [0.1, 0.15) is 15.9 Å². The van der Waals surface area contributed by atoms with Crippen LogP contribution in [-0.4, -0.2) is 23.5 Å². The van der Waals surface area contributed by atoms with Gasteiger partial charge in [0.2, 0.25) is 0 Å². The lowest BCUT2D eigenvalue weighted by atomic mass is 10.1. The van der Waals surface area contributed by atoms with Crippen molar-refractivity contribution in [2.45, 2.75) is 0 Å². The van der Waals surface area contributed by atoms with Crippen LogP contribution in [0, 0.1) is 0 Å². The maximum Gasteiger partial charge on any atom is 0.341 e. The summed E-state index contributed by atoms with van der Waals surface area (Å²) < 4.78 is 5.03. The van der Waals surface area contributed by atoms with Gasteiger partial charge in [0.15, 0.2) is 12.4 Å². The summed E-state index contributed by atoms with van der Waals surface area (Å²) >= 11 is 5.84. The van der Waals surface area contributed by atoms with Gasteiger partial charge in [-0.2, -0.15) is 0 Å². The van der Waals surface area contributed by atoms with Crippen molar-refractivity contribution in [2.75, 3.05) is 6.61 Å². The molecular weight excluding hydrogens is 304 g/mol. The first-order valence-corrected chi connectivity index (χ1v) is 6.85. The molecule has 0 heterocycles. The van der Waals surface area contributed by atoms with Gasteiger partial charge in [-0.1, -0.05) is 41.9 Å². The number of carbonyl (C=O) groups excluding carboxylic acids is 1. The Morgan fingerprint density at radius 1 is 1.14 bits per heavy atom. The topological polar surface area (TPSA) is 63.6 Å². The lowest BCUT2D eigenvalue weighted by Gasteiger charge is -2.02. The zero-order chi connectivity index (χ0) is 15.9. The first-order chi connectivity index (χ1) is 10.5. The zero-order valence-corrected chi connectivity index (χ0v) is 12.3. The van der Waals surface area contributed by atoms with Crippen LogP contribution in [0.4, 0.5) is 0 Å². The smallest absolute Gasteiger partial charge is 0.341 e. The molecule has 2 aromatic carbocycles. The van der Waals surface area contributed by atoms with E-state index in [2.05, 4.69) is 0 Å². The molecule has 22 heavy (non-hydrogen) atoms. The minimum atomic E-state index is -1.03. The predicted octanol–water partition coefficient (Wildman–Crippen LogP) is 3.70. The highest BCUT2D eigenvalue weighted by molar-refractivity contribution is 6.31. The Labute approximate surface area is 132 Å². The van der Waals surface area contributed by atoms with Crippen molar-refractivity contribution in [1.29, 1.82) is 0 Å². The van der Waals surface area contributed by atoms with E-state index in [1.165, 1.54) is 6.08 Å². The van der Waals surface area contributed by atoms with E-state index in [1.807, 2.05) is 0 Å². The summed E-state index contributed by atoms with van der Waals surface area (Å²) in [6.45, 7) is -0.386. The molecule has 5 heteroatoms. The second-order valence-electron chi connectivity index (χ2n) is 4.46. The minimum Gasteiger partial charge on any atom is -0.482 e. The lowest BCUT2D eigenvalue weighted by Crippen LogP contribution is -2.09. The van der Waals surface area contributed by atoms with Gasteiger partial charge in [-0.3, -0.25) is 4.79 Å². The summed E-state index contributed by atoms with van der Waals surface area (Å²) in [6, 6.07) is 13.5. The van der Waals surface area contributed by atoms with Crippen LogP contribution in [0.3, 0.4) is 0 Å². The quantitative estimate of drug-likeness (QED) is 0.652. The Morgan fingerprint density at radius 2 is 1.86 bits per heavy atom. The average Bonchev–Trinajstić information content (AvgIpc) is 2.51. The van der Waals surface area contributed by atoms with E-state index in [0.717, 1.165) is 5.56 Å². The van der Waals surface area contributed by atoms with E-state index in [0.29, 0.717) is 16.3 Å². The monoisotopic (exact) mass is 316 g/mol. The number of ketones is 1. The third-order valence-electron chi connectivity index (χ3n) is 2.78. The van der Waals surface area contributed by atoms with Gasteiger partial charge in [0.05, 0.1) is 0 Å². The number of carbonyl (C=O) groups is 2. The summed E-state index contributed by atoms with van der Waals surface area (Å²) in [5.41, 5.74) is 1.32. The predicted molar refractivity (Wildman–Crippen MR) is 84.4 cm³/mol. The molecule has 0 fully saturated rings. The third kappa shape index (κ3) is 4.75. The third-order valence-corrected chi connectivity index (χ3v) is 3.01. The standard InChI is InChI=1S/C17H13ClO4/c18-14-3-1-2-13(10-14)16(19)9-6-12-4-7-15(8-5-12)22-11-17(20)21/h1-10H,11H2,(H,20,21)/b9-6+. The van der Waals surface area contributed by atoms with E-state index in [1.54, 1.807) is 54.6 Å². The summed E-state index contributed by atoms with van der Waals surface area (Å²) in [5, 5.41) is 9.03. The van der Waals surface area contributed by atoms with Crippen molar-refractivity contribution in [3.63, 3.8) is 0 Å². The average molecular weight is 317 g/mol. The van der Waals surface area contributed by atoms with E-state index >= 15 is 0 Å². The van der Waals surface area contributed by atoms with Gasteiger partial charge in [-0.25, -0.2) is 4.79 Å². The van der Waals surface area contributed by atoms with Crippen LogP contribution in [-0.2, 0) is 4.79 Å². The molecule has 2 aromatic rings. The highest BCUT2D eigenvalue weighted by atomic mass is 35.5. The Bertz CT molecular complexity index is 705.